The molecule has 192 valence electrons. The van der Waals surface area contributed by atoms with Crippen molar-refractivity contribution in [3.05, 3.63) is 66.0 Å². The predicted molar refractivity (Wildman–Crippen MR) is 130 cm³/mol. The van der Waals surface area contributed by atoms with E-state index in [4.69, 9.17) is 24.3 Å². The van der Waals surface area contributed by atoms with Gasteiger partial charge in [-0.3, -0.25) is 9.32 Å². The lowest BCUT2D eigenvalue weighted by molar-refractivity contribution is -0.144. The Morgan fingerprint density at radius 1 is 1.31 bits per heavy atom. The number of para-hydroxylation sites is 1. The van der Waals surface area contributed by atoms with Crippen LogP contribution in [0.15, 0.2) is 60.3 Å². The number of carbonyl (C=O) groups is 1. The average Bonchev–Trinajstić information content (AvgIpc) is 3.40. The third-order valence-corrected chi connectivity index (χ3v) is 7.19. The maximum absolute atomic E-state index is 13.6. The molecule has 0 aliphatic carbocycles. The fourth-order valence-electron chi connectivity index (χ4n) is 3.74. The molecule has 36 heavy (non-hydrogen) atoms. The van der Waals surface area contributed by atoms with Crippen molar-refractivity contribution >= 4 is 25.1 Å². The van der Waals surface area contributed by atoms with E-state index in [1.54, 1.807) is 60.8 Å². The van der Waals surface area contributed by atoms with Crippen molar-refractivity contribution in [2.45, 2.75) is 32.9 Å². The van der Waals surface area contributed by atoms with Crippen LogP contribution in [0.4, 0.5) is 5.82 Å². The lowest BCUT2D eigenvalue weighted by Crippen LogP contribution is -2.35. The van der Waals surface area contributed by atoms with Crippen LogP contribution in [0.25, 0.3) is 5.52 Å². The summed E-state index contributed by atoms with van der Waals surface area (Å²) in [6, 6.07) is 10.9. The smallest absolute Gasteiger partial charge is 0.459 e. The normalized spacial score (nSPS) is 20.1. The van der Waals surface area contributed by atoms with E-state index < -0.39 is 31.8 Å². The van der Waals surface area contributed by atoms with Crippen LogP contribution in [0.5, 0.6) is 5.75 Å². The van der Waals surface area contributed by atoms with Gasteiger partial charge in [-0.1, -0.05) is 25.1 Å². The SMILES string of the molecule is CCOC(=O)[C@H](C)NP(=O)(OCC1=C(O)[C@H](C)[C@H](c2ccc3c(N)ncnn23)O1)Oc1ccccc1. The molecular weight excluding hydrogens is 489 g/mol. The number of nitrogens with two attached hydrogens (primary N) is 1. The standard InChI is InChI=1S/C23H28N5O7P/c1-4-32-23(30)15(3)27-36(31,35-16-8-6-5-7-9-16)33-12-19-20(29)14(2)21(34-19)17-10-11-18-22(24)25-13-26-28(17)18/h5-11,13-15,21,29H,4,12H2,1-3H3,(H,27,31)(H2,24,25,26)/t14-,15-,21+,36?/m0/s1. The molecule has 0 spiro atoms. The van der Waals surface area contributed by atoms with Crippen LogP contribution in [-0.4, -0.2) is 44.9 Å². The molecule has 0 fully saturated rings. The lowest BCUT2D eigenvalue weighted by Gasteiger charge is -2.23. The van der Waals surface area contributed by atoms with E-state index in [9.17, 15) is 14.5 Å². The van der Waals surface area contributed by atoms with Crippen LogP contribution >= 0.6 is 7.75 Å². The number of fused-ring (bicyclic) bond motifs is 1. The zero-order valence-corrected chi connectivity index (χ0v) is 20.9. The van der Waals surface area contributed by atoms with Crippen LogP contribution in [0.3, 0.4) is 0 Å². The first-order valence-electron chi connectivity index (χ1n) is 11.3. The van der Waals surface area contributed by atoms with Gasteiger partial charge in [-0.25, -0.2) is 14.1 Å². The maximum Gasteiger partial charge on any atom is 0.459 e. The molecule has 1 aromatic carbocycles. The van der Waals surface area contributed by atoms with Crippen molar-refractivity contribution in [3.63, 3.8) is 0 Å². The topological polar surface area (TPSA) is 160 Å². The number of aliphatic hydroxyl groups is 1. The number of aliphatic hydroxyl groups excluding tert-OH is 1. The summed E-state index contributed by atoms with van der Waals surface area (Å²) in [4.78, 5) is 16.1. The first-order valence-corrected chi connectivity index (χ1v) is 12.9. The number of anilines is 1. The van der Waals surface area contributed by atoms with Gasteiger partial charge in [-0.2, -0.15) is 10.2 Å². The van der Waals surface area contributed by atoms with E-state index in [0.717, 1.165) is 0 Å². The van der Waals surface area contributed by atoms with Crippen molar-refractivity contribution in [1.29, 1.82) is 0 Å². The van der Waals surface area contributed by atoms with Crippen molar-refractivity contribution in [1.82, 2.24) is 19.7 Å². The van der Waals surface area contributed by atoms with E-state index >= 15 is 0 Å². The van der Waals surface area contributed by atoms with Crippen molar-refractivity contribution in [3.8, 4) is 5.75 Å². The first-order chi connectivity index (χ1) is 17.2. The summed E-state index contributed by atoms with van der Waals surface area (Å²) >= 11 is 0. The van der Waals surface area contributed by atoms with Crippen LogP contribution < -0.4 is 15.3 Å². The molecule has 4 N–H and O–H groups in total. The highest BCUT2D eigenvalue weighted by Gasteiger charge is 2.39. The zero-order chi connectivity index (χ0) is 25.9. The van der Waals surface area contributed by atoms with Crippen molar-refractivity contribution in [2.24, 2.45) is 5.92 Å². The summed E-state index contributed by atoms with van der Waals surface area (Å²) in [5.41, 5.74) is 7.17. The number of hydrogen-bond donors (Lipinski definition) is 3. The van der Waals surface area contributed by atoms with Crippen molar-refractivity contribution < 1.29 is 33.0 Å². The van der Waals surface area contributed by atoms with Gasteiger partial charge in [0.05, 0.1) is 18.2 Å². The van der Waals surface area contributed by atoms with Crippen LogP contribution in [0.2, 0.25) is 0 Å². The predicted octanol–water partition coefficient (Wildman–Crippen LogP) is 3.53. The quantitative estimate of drug-likeness (QED) is 0.267. The van der Waals surface area contributed by atoms with Gasteiger partial charge in [-0.15, -0.1) is 0 Å². The number of hydrogen-bond acceptors (Lipinski definition) is 10. The Labute approximate surface area is 207 Å². The number of benzene rings is 1. The summed E-state index contributed by atoms with van der Waals surface area (Å²) in [6.45, 7) is 4.70. The van der Waals surface area contributed by atoms with Gasteiger partial charge < -0.3 is 24.8 Å². The van der Waals surface area contributed by atoms with Gasteiger partial charge in [0.15, 0.2) is 17.7 Å². The van der Waals surface area contributed by atoms with E-state index in [1.807, 2.05) is 0 Å². The van der Waals surface area contributed by atoms with E-state index in [1.165, 1.54) is 13.3 Å². The molecule has 0 amide bonds. The van der Waals surface area contributed by atoms with Crippen LogP contribution in [-0.2, 0) is 23.4 Å². The number of ether oxygens (including phenoxy) is 2. The number of esters is 1. The number of nitrogens with one attached hydrogen (secondary N) is 1. The molecule has 12 nitrogen and oxygen atoms in total. The first kappa shape index (κ1) is 25.5. The molecule has 0 bridgehead atoms. The Morgan fingerprint density at radius 3 is 2.78 bits per heavy atom. The second kappa shape index (κ2) is 10.6. The fraction of sp³-hybridized carbons (Fsp3) is 0.348. The molecule has 4 atom stereocenters. The van der Waals surface area contributed by atoms with Gasteiger partial charge in [0.1, 0.15) is 36.0 Å². The summed E-state index contributed by atoms with van der Waals surface area (Å²) in [7, 11) is -4.12. The Morgan fingerprint density at radius 2 is 2.06 bits per heavy atom. The molecule has 1 aliphatic heterocycles. The zero-order valence-electron chi connectivity index (χ0n) is 20.0. The van der Waals surface area contributed by atoms with E-state index in [0.29, 0.717) is 17.0 Å². The van der Waals surface area contributed by atoms with E-state index in [-0.39, 0.29) is 30.5 Å². The monoisotopic (exact) mass is 517 g/mol. The van der Waals surface area contributed by atoms with Gasteiger partial charge in [0, 0.05) is 0 Å². The van der Waals surface area contributed by atoms with E-state index in [2.05, 4.69) is 15.2 Å². The molecule has 1 aliphatic rings. The lowest BCUT2D eigenvalue weighted by atomic mass is 10.0. The third kappa shape index (κ3) is 5.30. The number of nitrogens with zero attached hydrogens (tertiary/aromatic N) is 3. The highest BCUT2D eigenvalue weighted by molar-refractivity contribution is 7.52. The molecule has 2 aromatic heterocycles. The van der Waals surface area contributed by atoms with Crippen LogP contribution in [0, 0.1) is 5.92 Å². The molecule has 3 heterocycles. The van der Waals surface area contributed by atoms with Gasteiger partial charge in [-0.05, 0) is 38.1 Å². The Kier molecular flexibility index (Phi) is 7.48. The van der Waals surface area contributed by atoms with Gasteiger partial charge >= 0.3 is 13.7 Å². The molecule has 3 aromatic rings. The number of aromatic nitrogens is 3. The number of carbonyl (C=O) groups excluding carboxylic acids is 1. The third-order valence-electron chi connectivity index (χ3n) is 5.57. The van der Waals surface area contributed by atoms with Crippen molar-refractivity contribution in [2.75, 3.05) is 18.9 Å². The highest BCUT2D eigenvalue weighted by atomic mass is 31.2. The Balaban J connectivity index is 1.52. The Hall–Kier alpha value is -3.60. The molecule has 0 saturated heterocycles. The molecule has 1 unspecified atom stereocenters. The minimum atomic E-state index is -4.12. The number of rotatable bonds is 10. The van der Waals surface area contributed by atoms with Gasteiger partial charge in [0.25, 0.3) is 0 Å². The van der Waals surface area contributed by atoms with Crippen LogP contribution in [0.1, 0.15) is 32.6 Å². The highest BCUT2D eigenvalue weighted by Crippen LogP contribution is 2.47. The summed E-state index contributed by atoms with van der Waals surface area (Å²) in [5, 5.41) is 17.6. The molecule has 0 saturated carbocycles. The second-order valence-electron chi connectivity index (χ2n) is 8.11. The molecule has 13 heteroatoms. The minimum absolute atomic E-state index is 0.0679. The Bertz CT molecular complexity index is 1310. The summed E-state index contributed by atoms with van der Waals surface area (Å²) in [6.07, 6.45) is 0.720. The summed E-state index contributed by atoms with van der Waals surface area (Å²) < 4.78 is 37.4. The summed E-state index contributed by atoms with van der Waals surface area (Å²) in [5.74, 6) is -0.499. The largest absolute Gasteiger partial charge is 0.508 e. The minimum Gasteiger partial charge on any atom is -0.508 e. The fourth-order valence-corrected chi connectivity index (χ4v) is 5.18. The molecular formula is C23H28N5O7P. The maximum atomic E-state index is 13.6. The van der Waals surface area contributed by atoms with Gasteiger partial charge in [0.2, 0.25) is 0 Å². The molecule has 0 radical (unpaired) electrons. The average molecular weight is 517 g/mol. The molecule has 4 rings (SSSR count). The number of nitrogen functional groups attached to an aromatic ring is 1. The second-order valence-corrected chi connectivity index (χ2v) is 9.81.